The number of rotatable bonds is 4. The second kappa shape index (κ2) is 5.61. The average Bonchev–Trinajstić information content (AvgIpc) is 2.43. The van der Waals surface area contributed by atoms with Crippen LogP contribution in [0.5, 0.6) is 11.5 Å². The lowest BCUT2D eigenvalue weighted by atomic mass is 9.68. The highest BCUT2D eigenvalue weighted by atomic mass is 16.5. The molecule has 1 saturated carbocycles. The Balaban J connectivity index is 2.08. The molecule has 2 rings (SSSR count). The molecule has 0 bridgehead atoms. The maximum absolute atomic E-state index is 5.97. The zero-order chi connectivity index (χ0) is 14.8. The van der Waals surface area contributed by atoms with Crippen molar-refractivity contribution in [1.29, 1.82) is 0 Å². The molecule has 1 aromatic rings. The molecule has 1 aromatic carbocycles. The summed E-state index contributed by atoms with van der Waals surface area (Å²) < 4.78 is 10.5. The van der Waals surface area contributed by atoms with Gasteiger partial charge < -0.3 is 20.5 Å². The fourth-order valence-electron chi connectivity index (χ4n) is 2.35. The van der Waals surface area contributed by atoms with Crippen LogP contribution in [0.2, 0.25) is 0 Å². The molecule has 0 aliphatic heterocycles. The molecule has 0 aromatic heterocycles. The number of nitrogens with zero attached hydrogens (tertiary/aromatic N) is 1. The number of ether oxygens (including phenoxy) is 2. The van der Waals surface area contributed by atoms with Crippen LogP contribution in [0.4, 0.5) is 5.69 Å². The average molecular weight is 277 g/mol. The molecule has 0 saturated heterocycles. The summed E-state index contributed by atoms with van der Waals surface area (Å²) in [7, 11) is 3.22. The molecule has 0 spiro atoms. The fourth-order valence-corrected chi connectivity index (χ4v) is 2.35. The fraction of sp³-hybridized carbons (Fsp3) is 0.533. The molecule has 1 aliphatic rings. The Morgan fingerprint density at radius 2 is 2.00 bits per heavy atom. The Morgan fingerprint density at radius 1 is 1.30 bits per heavy atom. The summed E-state index contributed by atoms with van der Waals surface area (Å²) in [5.41, 5.74) is 7.05. The van der Waals surface area contributed by atoms with Crippen LogP contribution in [0, 0.1) is 5.41 Å². The zero-order valence-electron chi connectivity index (χ0n) is 12.6. The third kappa shape index (κ3) is 2.98. The van der Waals surface area contributed by atoms with Crippen LogP contribution < -0.4 is 20.5 Å². The first-order valence-corrected chi connectivity index (χ1v) is 6.78. The quantitative estimate of drug-likeness (QED) is 0.655. The largest absolute Gasteiger partial charge is 0.493 e. The van der Waals surface area contributed by atoms with Crippen molar-refractivity contribution in [2.45, 2.75) is 32.7 Å². The summed E-state index contributed by atoms with van der Waals surface area (Å²) in [6, 6.07) is 5.86. The zero-order valence-corrected chi connectivity index (χ0v) is 12.6. The predicted octanol–water partition coefficient (Wildman–Crippen LogP) is 2.62. The van der Waals surface area contributed by atoms with E-state index in [2.05, 4.69) is 24.2 Å². The maximum Gasteiger partial charge on any atom is 0.193 e. The Morgan fingerprint density at radius 3 is 2.50 bits per heavy atom. The third-order valence-electron chi connectivity index (χ3n) is 3.92. The molecule has 110 valence electrons. The highest BCUT2D eigenvalue weighted by molar-refractivity contribution is 5.92. The molecule has 0 radical (unpaired) electrons. The standard InChI is InChI=1S/C15H23N3O2/c1-15(2)8-7-13(15)18-14(16)17-10-5-6-11(19-3)12(9-10)20-4/h5-6,9,13H,7-8H2,1-4H3,(H3,16,17,18). The van der Waals surface area contributed by atoms with Gasteiger partial charge in [-0.15, -0.1) is 0 Å². The predicted molar refractivity (Wildman–Crippen MR) is 81.6 cm³/mol. The summed E-state index contributed by atoms with van der Waals surface area (Å²) in [4.78, 5) is 4.54. The minimum absolute atomic E-state index is 0.254. The van der Waals surface area contributed by atoms with Crippen LogP contribution in [0.1, 0.15) is 26.7 Å². The lowest BCUT2D eigenvalue weighted by Crippen LogP contribution is -2.40. The van der Waals surface area contributed by atoms with Gasteiger partial charge in [0.2, 0.25) is 0 Å². The van der Waals surface area contributed by atoms with Gasteiger partial charge in [-0.2, -0.15) is 0 Å². The van der Waals surface area contributed by atoms with E-state index in [9.17, 15) is 0 Å². The van der Waals surface area contributed by atoms with Crippen molar-refractivity contribution in [1.82, 2.24) is 0 Å². The smallest absolute Gasteiger partial charge is 0.193 e. The van der Waals surface area contributed by atoms with Crippen molar-refractivity contribution in [3.63, 3.8) is 0 Å². The molecule has 0 amide bonds. The molecular formula is C15H23N3O2. The van der Waals surface area contributed by atoms with E-state index < -0.39 is 0 Å². The van der Waals surface area contributed by atoms with Crippen LogP contribution in [0.3, 0.4) is 0 Å². The molecule has 1 aliphatic carbocycles. The normalized spacial score (nSPS) is 21.0. The van der Waals surface area contributed by atoms with Gasteiger partial charge in [0.15, 0.2) is 17.5 Å². The maximum atomic E-state index is 5.97. The number of hydrogen-bond donors (Lipinski definition) is 2. The SMILES string of the molecule is COc1ccc(NC(N)=NC2CCC2(C)C)cc1OC. The summed E-state index contributed by atoms with van der Waals surface area (Å²) in [5, 5.41) is 3.10. The number of anilines is 1. The summed E-state index contributed by atoms with van der Waals surface area (Å²) in [5.74, 6) is 1.79. The van der Waals surface area contributed by atoms with E-state index in [0.717, 1.165) is 12.1 Å². The lowest BCUT2D eigenvalue weighted by molar-refractivity contribution is 0.145. The first kappa shape index (κ1) is 14.5. The first-order chi connectivity index (χ1) is 9.46. The van der Waals surface area contributed by atoms with E-state index in [-0.39, 0.29) is 5.41 Å². The van der Waals surface area contributed by atoms with Crippen molar-refractivity contribution in [2.24, 2.45) is 16.1 Å². The highest BCUT2D eigenvalue weighted by Gasteiger charge is 2.38. The van der Waals surface area contributed by atoms with E-state index in [1.54, 1.807) is 14.2 Å². The van der Waals surface area contributed by atoms with E-state index >= 15 is 0 Å². The van der Waals surface area contributed by atoms with Crippen molar-refractivity contribution < 1.29 is 9.47 Å². The van der Waals surface area contributed by atoms with E-state index in [1.165, 1.54) is 6.42 Å². The number of guanidine groups is 1. The minimum atomic E-state index is 0.254. The van der Waals surface area contributed by atoms with Gasteiger partial charge in [0, 0.05) is 11.8 Å². The number of hydrogen-bond acceptors (Lipinski definition) is 3. The lowest BCUT2D eigenvalue weighted by Gasteiger charge is -2.41. The van der Waals surface area contributed by atoms with Gasteiger partial charge in [0.1, 0.15) is 0 Å². The number of benzene rings is 1. The van der Waals surface area contributed by atoms with Crippen LogP contribution in [0.25, 0.3) is 0 Å². The summed E-state index contributed by atoms with van der Waals surface area (Å²) in [6.07, 6.45) is 2.30. The van der Waals surface area contributed by atoms with Gasteiger partial charge in [-0.3, -0.25) is 0 Å². The molecule has 0 heterocycles. The molecule has 1 unspecified atom stereocenters. The van der Waals surface area contributed by atoms with Crippen molar-refractivity contribution in [2.75, 3.05) is 19.5 Å². The summed E-state index contributed by atoms with van der Waals surface area (Å²) >= 11 is 0. The first-order valence-electron chi connectivity index (χ1n) is 6.78. The number of nitrogens with two attached hydrogens (primary N) is 1. The van der Waals surface area contributed by atoms with E-state index in [4.69, 9.17) is 15.2 Å². The highest BCUT2D eigenvalue weighted by Crippen LogP contribution is 2.42. The van der Waals surface area contributed by atoms with Gasteiger partial charge in [-0.05, 0) is 30.4 Å². The number of aliphatic imine (C=N–C) groups is 1. The van der Waals surface area contributed by atoms with E-state index in [1.807, 2.05) is 18.2 Å². The van der Waals surface area contributed by atoms with E-state index in [0.29, 0.717) is 23.5 Å². The summed E-state index contributed by atoms with van der Waals surface area (Å²) in [6.45, 7) is 4.43. The molecule has 20 heavy (non-hydrogen) atoms. The molecule has 1 fully saturated rings. The molecular weight excluding hydrogens is 254 g/mol. The van der Waals surface area contributed by atoms with Crippen molar-refractivity contribution in [3.05, 3.63) is 18.2 Å². The van der Waals surface area contributed by atoms with Crippen molar-refractivity contribution >= 4 is 11.6 Å². The Hall–Kier alpha value is -1.91. The van der Waals surface area contributed by atoms with Crippen molar-refractivity contribution in [3.8, 4) is 11.5 Å². The molecule has 1 atom stereocenters. The molecule has 5 heteroatoms. The topological polar surface area (TPSA) is 68.9 Å². The minimum Gasteiger partial charge on any atom is -0.493 e. The van der Waals surface area contributed by atoms with Crippen LogP contribution in [-0.2, 0) is 0 Å². The van der Waals surface area contributed by atoms with Crippen LogP contribution >= 0.6 is 0 Å². The van der Waals surface area contributed by atoms with Gasteiger partial charge in [0.25, 0.3) is 0 Å². The molecule has 3 N–H and O–H groups in total. The molecule has 5 nitrogen and oxygen atoms in total. The van der Waals surface area contributed by atoms with Crippen LogP contribution in [-0.4, -0.2) is 26.2 Å². The number of nitrogens with one attached hydrogen (secondary N) is 1. The second-order valence-electron chi connectivity index (χ2n) is 5.75. The van der Waals surface area contributed by atoms with Gasteiger partial charge in [0.05, 0.1) is 20.3 Å². The third-order valence-corrected chi connectivity index (χ3v) is 3.92. The Kier molecular flexibility index (Phi) is 4.06. The second-order valence-corrected chi connectivity index (χ2v) is 5.75. The van der Waals surface area contributed by atoms with Gasteiger partial charge in [-0.25, -0.2) is 4.99 Å². The number of methoxy groups -OCH3 is 2. The Labute approximate surface area is 120 Å². The van der Waals surface area contributed by atoms with Crippen LogP contribution in [0.15, 0.2) is 23.2 Å². The van der Waals surface area contributed by atoms with Gasteiger partial charge >= 0.3 is 0 Å². The monoisotopic (exact) mass is 277 g/mol. The Bertz CT molecular complexity index is 512. The van der Waals surface area contributed by atoms with Gasteiger partial charge in [-0.1, -0.05) is 13.8 Å².